The van der Waals surface area contributed by atoms with Gasteiger partial charge in [-0.1, -0.05) is 11.6 Å². The van der Waals surface area contributed by atoms with E-state index in [4.69, 9.17) is 11.6 Å². The molecule has 1 fully saturated rings. The van der Waals surface area contributed by atoms with Crippen molar-refractivity contribution in [3.8, 4) is 0 Å². The van der Waals surface area contributed by atoms with E-state index < -0.39 is 0 Å². The molecule has 6 nitrogen and oxygen atoms in total. The lowest BCUT2D eigenvalue weighted by Gasteiger charge is -2.29. The van der Waals surface area contributed by atoms with Gasteiger partial charge in [0.05, 0.1) is 0 Å². The normalized spacial score (nSPS) is 21.8. The van der Waals surface area contributed by atoms with E-state index >= 15 is 0 Å². The van der Waals surface area contributed by atoms with Crippen LogP contribution in [0.15, 0.2) is 12.4 Å². The fraction of sp³-hybridized carbons (Fsp3) is 0.583. The first-order chi connectivity index (χ1) is 9.15. The zero-order valence-electron chi connectivity index (χ0n) is 11.1. The molecule has 3 rings (SSSR count). The number of aromatic nitrogens is 4. The molecule has 1 atom stereocenters. The number of rotatable bonds is 1. The van der Waals surface area contributed by atoms with E-state index in [-0.39, 0.29) is 0 Å². The Morgan fingerprint density at radius 2 is 2.21 bits per heavy atom. The monoisotopic (exact) mass is 280 g/mol. The highest BCUT2D eigenvalue weighted by atomic mass is 35.5. The largest absolute Gasteiger partial charge is 0.352 e. The van der Waals surface area contributed by atoms with E-state index in [1.54, 1.807) is 4.52 Å². The van der Waals surface area contributed by atoms with Crippen LogP contribution in [0.1, 0.15) is 13.3 Å². The molecule has 1 aliphatic rings. The average molecular weight is 281 g/mol. The molecule has 1 saturated heterocycles. The van der Waals surface area contributed by atoms with Crippen LogP contribution in [0.3, 0.4) is 0 Å². The van der Waals surface area contributed by atoms with E-state index in [1.165, 1.54) is 6.33 Å². The number of halogens is 1. The first-order valence-electron chi connectivity index (χ1n) is 6.46. The van der Waals surface area contributed by atoms with Crippen molar-refractivity contribution in [1.29, 1.82) is 0 Å². The molecule has 0 aromatic carbocycles. The Kier molecular flexibility index (Phi) is 3.28. The van der Waals surface area contributed by atoms with Gasteiger partial charge >= 0.3 is 0 Å². The van der Waals surface area contributed by atoms with Crippen LogP contribution in [0.25, 0.3) is 5.78 Å². The molecule has 7 heteroatoms. The van der Waals surface area contributed by atoms with Crippen LogP contribution < -0.4 is 4.90 Å². The highest BCUT2D eigenvalue weighted by molar-refractivity contribution is 6.29. The number of fused-ring (bicyclic) bond motifs is 1. The molecule has 1 unspecified atom stereocenters. The molecule has 0 amide bonds. The molecule has 0 N–H and O–H groups in total. The summed E-state index contributed by atoms with van der Waals surface area (Å²) in [6.45, 7) is 5.34. The van der Waals surface area contributed by atoms with Crippen LogP contribution in [0.4, 0.5) is 5.82 Å². The molecule has 1 aliphatic heterocycles. The third-order valence-electron chi connectivity index (χ3n) is 3.54. The SMILES string of the molecule is CC1CN(C)CCCN1c1cc(Cl)nc2ncnn12. The minimum Gasteiger partial charge on any atom is -0.352 e. The first kappa shape index (κ1) is 12.6. The number of hydrogen-bond donors (Lipinski definition) is 0. The second kappa shape index (κ2) is 4.94. The van der Waals surface area contributed by atoms with Gasteiger partial charge in [-0.2, -0.15) is 19.6 Å². The lowest BCUT2D eigenvalue weighted by Crippen LogP contribution is -2.39. The van der Waals surface area contributed by atoms with Crippen LogP contribution in [-0.2, 0) is 0 Å². The maximum atomic E-state index is 6.09. The van der Waals surface area contributed by atoms with E-state index in [0.717, 1.165) is 31.9 Å². The number of anilines is 1. The van der Waals surface area contributed by atoms with Crippen molar-refractivity contribution in [2.24, 2.45) is 0 Å². The van der Waals surface area contributed by atoms with Crippen LogP contribution in [0.5, 0.6) is 0 Å². The molecular formula is C12H17ClN6. The minimum atomic E-state index is 0.401. The molecule has 2 aromatic rings. The van der Waals surface area contributed by atoms with Crippen molar-refractivity contribution in [2.45, 2.75) is 19.4 Å². The van der Waals surface area contributed by atoms with E-state index in [1.807, 2.05) is 6.07 Å². The Hall–Kier alpha value is -1.40. The number of likely N-dealkylation sites (N-methyl/N-ethyl adjacent to an activating group) is 1. The summed E-state index contributed by atoms with van der Waals surface area (Å²) in [6, 6.07) is 2.27. The Balaban J connectivity index is 2.04. The molecule has 0 saturated carbocycles. The maximum Gasteiger partial charge on any atom is 0.255 e. The van der Waals surface area contributed by atoms with Crippen molar-refractivity contribution < 1.29 is 0 Å². The van der Waals surface area contributed by atoms with Gasteiger partial charge in [0.1, 0.15) is 17.3 Å². The Morgan fingerprint density at radius 1 is 1.37 bits per heavy atom. The highest BCUT2D eigenvalue weighted by Crippen LogP contribution is 2.22. The summed E-state index contributed by atoms with van der Waals surface area (Å²) in [7, 11) is 2.16. The molecule has 3 heterocycles. The second-order valence-corrected chi connectivity index (χ2v) is 5.45. The Morgan fingerprint density at radius 3 is 3.05 bits per heavy atom. The lowest BCUT2D eigenvalue weighted by atomic mass is 10.2. The molecule has 0 radical (unpaired) electrons. The zero-order chi connectivity index (χ0) is 13.4. The molecular weight excluding hydrogens is 264 g/mol. The standard InChI is InChI=1S/C12H17ClN6/c1-9-7-17(2)4-3-5-18(9)11-6-10(13)16-12-14-8-15-19(11)12/h6,8-9H,3-5,7H2,1-2H3. The summed E-state index contributed by atoms with van der Waals surface area (Å²) in [4.78, 5) is 13.0. The fourth-order valence-corrected chi connectivity index (χ4v) is 2.86. The van der Waals surface area contributed by atoms with Crippen molar-refractivity contribution in [3.05, 3.63) is 17.5 Å². The van der Waals surface area contributed by atoms with Gasteiger partial charge in [-0.25, -0.2) is 0 Å². The quantitative estimate of drug-likeness (QED) is 0.737. The Labute approximate surface area is 117 Å². The summed E-state index contributed by atoms with van der Waals surface area (Å²) < 4.78 is 1.76. The third kappa shape index (κ3) is 2.37. The summed E-state index contributed by atoms with van der Waals surface area (Å²) in [5.41, 5.74) is 0. The van der Waals surface area contributed by atoms with Gasteiger partial charge in [-0.15, -0.1) is 0 Å². The van der Waals surface area contributed by atoms with Gasteiger partial charge in [0, 0.05) is 25.2 Å². The van der Waals surface area contributed by atoms with Gasteiger partial charge in [0.2, 0.25) is 0 Å². The predicted molar refractivity (Wildman–Crippen MR) is 74.7 cm³/mol. The molecule has 19 heavy (non-hydrogen) atoms. The van der Waals surface area contributed by atoms with E-state index in [0.29, 0.717) is 17.0 Å². The van der Waals surface area contributed by atoms with Gasteiger partial charge in [0.25, 0.3) is 5.78 Å². The van der Waals surface area contributed by atoms with Gasteiger partial charge in [0.15, 0.2) is 0 Å². The second-order valence-electron chi connectivity index (χ2n) is 5.07. The van der Waals surface area contributed by atoms with Gasteiger partial charge < -0.3 is 9.80 Å². The summed E-state index contributed by atoms with van der Waals surface area (Å²) in [5.74, 6) is 1.52. The summed E-state index contributed by atoms with van der Waals surface area (Å²) in [6.07, 6.45) is 2.63. The zero-order valence-corrected chi connectivity index (χ0v) is 11.9. The Bertz CT molecular complexity index is 583. The smallest absolute Gasteiger partial charge is 0.255 e. The van der Waals surface area contributed by atoms with Crippen molar-refractivity contribution in [1.82, 2.24) is 24.5 Å². The van der Waals surface area contributed by atoms with E-state index in [2.05, 4.69) is 38.8 Å². The summed E-state index contributed by atoms with van der Waals surface area (Å²) in [5, 5.41) is 4.71. The van der Waals surface area contributed by atoms with Gasteiger partial charge in [-0.3, -0.25) is 0 Å². The average Bonchev–Trinajstić information content (AvgIpc) is 2.74. The topological polar surface area (TPSA) is 49.6 Å². The van der Waals surface area contributed by atoms with Crippen LogP contribution in [-0.4, -0.2) is 57.2 Å². The molecule has 0 aliphatic carbocycles. The number of nitrogens with zero attached hydrogens (tertiary/aromatic N) is 6. The molecule has 2 aromatic heterocycles. The third-order valence-corrected chi connectivity index (χ3v) is 3.74. The van der Waals surface area contributed by atoms with Crippen molar-refractivity contribution in [3.63, 3.8) is 0 Å². The van der Waals surface area contributed by atoms with E-state index in [9.17, 15) is 0 Å². The molecule has 0 bridgehead atoms. The fourth-order valence-electron chi connectivity index (χ4n) is 2.69. The highest BCUT2D eigenvalue weighted by Gasteiger charge is 2.22. The van der Waals surface area contributed by atoms with Crippen LogP contribution >= 0.6 is 11.6 Å². The van der Waals surface area contributed by atoms with Crippen LogP contribution in [0.2, 0.25) is 5.15 Å². The van der Waals surface area contributed by atoms with Crippen LogP contribution in [0, 0.1) is 0 Å². The van der Waals surface area contributed by atoms with Gasteiger partial charge in [-0.05, 0) is 26.9 Å². The molecule has 0 spiro atoms. The van der Waals surface area contributed by atoms with Crippen molar-refractivity contribution in [2.75, 3.05) is 31.6 Å². The predicted octanol–water partition coefficient (Wildman–Crippen LogP) is 1.31. The lowest BCUT2D eigenvalue weighted by molar-refractivity contribution is 0.337. The maximum absolute atomic E-state index is 6.09. The van der Waals surface area contributed by atoms with Crippen molar-refractivity contribution >= 4 is 23.2 Å². The minimum absolute atomic E-state index is 0.401. The first-order valence-corrected chi connectivity index (χ1v) is 6.84. The molecule has 102 valence electrons. The number of hydrogen-bond acceptors (Lipinski definition) is 5. The summed E-state index contributed by atoms with van der Waals surface area (Å²) >= 11 is 6.09.